The zero-order valence-corrected chi connectivity index (χ0v) is 33.7. The molecule has 308 valence electrons. The number of imidazole rings is 2. The molecule has 0 saturated heterocycles. The van der Waals surface area contributed by atoms with Crippen molar-refractivity contribution in [2.75, 3.05) is 11.1 Å². The molecule has 0 aromatic carbocycles. The maximum atomic E-state index is 13.6. The van der Waals surface area contributed by atoms with Gasteiger partial charge >= 0.3 is 0 Å². The highest BCUT2D eigenvalue weighted by molar-refractivity contribution is 6.28. The van der Waals surface area contributed by atoms with E-state index in [1.54, 1.807) is 34.2 Å². The van der Waals surface area contributed by atoms with E-state index in [0.29, 0.717) is 42.9 Å². The number of pyridine rings is 2. The van der Waals surface area contributed by atoms with Crippen molar-refractivity contribution >= 4 is 62.3 Å². The lowest BCUT2D eigenvalue weighted by Gasteiger charge is -2.28. The molecule has 19 heteroatoms. The van der Waals surface area contributed by atoms with Crippen LogP contribution >= 0.6 is 11.6 Å². The van der Waals surface area contributed by atoms with Gasteiger partial charge < -0.3 is 19.9 Å². The van der Waals surface area contributed by atoms with Gasteiger partial charge in [0.2, 0.25) is 23.1 Å². The molecule has 8 aromatic heterocycles. The van der Waals surface area contributed by atoms with Gasteiger partial charge in [0.05, 0.1) is 45.6 Å². The molecular weight excluding hydrogens is 788 g/mol. The number of nitrogens with one attached hydrogen (secondary N) is 1. The highest BCUT2D eigenvalue weighted by Gasteiger charge is 2.37. The second kappa shape index (κ2) is 15.7. The van der Waals surface area contributed by atoms with Crippen LogP contribution in [0.2, 0.25) is 5.28 Å². The van der Waals surface area contributed by atoms with Crippen LogP contribution in [-0.4, -0.2) is 70.1 Å². The van der Waals surface area contributed by atoms with E-state index in [2.05, 4.69) is 45.4 Å². The van der Waals surface area contributed by atoms with Gasteiger partial charge in [-0.05, 0) is 88.2 Å². The third-order valence-electron chi connectivity index (χ3n) is 11.1. The molecule has 2 aliphatic rings. The quantitative estimate of drug-likeness (QED) is 0.129. The molecule has 0 spiro atoms. The number of nitrogens with two attached hydrogens (primary N) is 1. The number of alkyl halides is 4. The second-order valence-electron chi connectivity index (χ2n) is 15.3. The molecule has 59 heavy (non-hydrogen) atoms. The monoisotopic (exact) mass is 830 g/mol. The number of anilines is 3. The van der Waals surface area contributed by atoms with E-state index >= 15 is 0 Å². The topological polar surface area (TPSA) is 160 Å². The molecular formula is C40H43ClF4N14. The summed E-state index contributed by atoms with van der Waals surface area (Å²) < 4.78 is 60.9. The Bertz CT molecular complexity index is 2730. The van der Waals surface area contributed by atoms with Crippen molar-refractivity contribution in [1.82, 2.24) is 58.3 Å². The maximum Gasteiger partial charge on any atom is 0.248 e. The van der Waals surface area contributed by atoms with Crippen LogP contribution in [0, 0.1) is 27.7 Å². The zero-order valence-electron chi connectivity index (χ0n) is 32.9. The number of hydrogen-bond donors (Lipinski definition) is 2. The van der Waals surface area contributed by atoms with E-state index in [9.17, 15) is 17.6 Å². The van der Waals surface area contributed by atoms with E-state index < -0.39 is 11.8 Å². The molecule has 2 fully saturated rings. The lowest BCUT2D eigenvalue weighted by atomic mass is 9.92. The second-order valence-corrected chi connectivity index (χ2v) is 15.7. The summed E-state index contributed by atoms with van der Waals surface area (Å²) in [4.78, 5) is 25.6. The number of nitrogen functional groups attached to an aromatic ring is 1. The Labute approximate surface area is 340 Å². The number of hydrogen-bond acceptors (Lipinski definition) is 10. The van der Waals surface area contributed by atoms with Crippen molar-refractivity contribution in [2.24, 2.45) is 0 Å². The molecule has 2 aliphatic carbocycles. The fraction of sp³-hybridized carbons (Fsp3) is 0.400. The Morgan fingerprint density at radius 2 is 1.17 bits per heavy atom. The summed E-state index contributed by atoms with van der Waals surface area (Å²) in [5.41, 5.74) is 14.2. The average molecular weight is 831 g/mol. The van der Waals surface area contributed by atoms with Gasteiger partial charge in [-0.15, -0.1) is 0 Å². The largest absolute Gasteiger partial charge is 0.397 e. The Morgan fingerprint density at radius 3 is 1.73 bits per heavy atom. The standard InChI is InChI=1S/C20H21F2N7.C12H13ClF2N4.C8H9N3/c1-12-9-17-23-7-8-28(17)11-16(12)25-19-24-10-15-13(2)27-29(18(15)26-19)14-3-5-20(21,22)6-4-14;1-7-9-6-16-11(13)17-10(9)19(18-7)8-2-4-12(14,15)5-3-8;1-6-4-8-10-2-3-11(8)5-7(6)9/h7-11,14H,3-6H2,1-2H3,(H,24,25,26);6,8H,2-5H2,1H3;2-5H,9H2,1H3. The SMILES string of the molecule is Cc1cc2nccn2cc1N.Cc1cc2nccn2cc1Nc1ncc2c(C)nn(C3CCC(F)(F)CC3)c2n1.Cc1nn(C2CCC(F)(F)CC2)c2nc(Cl)ncc12. The van der Waals surface area contributed by atoms with E-state index in [0.717, 1.165) is 56.0 Å². The molecule has 14 nitrogen and oxygen atoms in total. The number of aryl methyl sites for hydroxylation is 4. The van der Waals surface area contributed by atoms with E-state index in [-0.39, 0.29) is 43.1 Å². The molecule has 2 saturated carbocycles. The summed E-state index contributed by atoms with van der Waals surface area (Å²) >= 11 is 5.80. The minimum absolute atomic E-state index is 0.0400. The number of nitrogens with zero attached hydrogens (tertiary/aromatic N) is 12. The van der Waals surface area contributed by atoms with E-state index in [1.165, 1.54) is 0 Å². The first kappa shape index (κ1) is 39.9. The first-order valence-electron chi connectivity index (χ1n) is 19.4. The summed E-state index contributed by atoms with van der Waals surface area (Å²) in [6.07, 6.45) is 15.6. The van der Waals surface area contributed by atoms with Gasteiger partial charge in [0.25, 0.3) is 0 Å². The number of aromatic nitrogens is 12. The normalized spacial score (nSPS) is 16.9. The average Bonchev–Trinajstić information content (AvgIpc) is 3.99. The van der Waals surface area contributed by atoms with Crippen LogP contribution in [0.15, 0.2) is 61.7 Å². The van der Waals surface area contributed by atoms with Gasteiger partial charge in [0.1, 0.15) is 11.3 Å². The highest BCUT2D eigenvalue weighted by atomic mass is 35.5. The minimum atomic E-state index is -2.57. The van der Waals surface area contributed by atoms with Crippen LogP contribution in [0.25, 0.3) is 33.4 Å². The number of halogens is 5. The van der Waals surface area contributed by atoms with Gasteiger partial charge in [0.15, 0.2) is 11.3 Å². The predicted octanol–water partition coefficient (Wildman–Crippen LogP) is 9.35. The minimum Gasteiger partial charge on any atom is -0.397 e. The smallest absolute Gasteiger partial charge is 0.248 e. The summed E-state index contributed by atoms with van der Waals surface area (Å²) in [6.45, 7) is 7.72. The summed E-state index contributed by atoms with van der Waals surface area (Å²) in [5, 5.41) is 14.1. The Kier molecular flexibility index (Phi) is 10.6. The third-order valence-corrected chi connectivity index (χ3v) is 11.2. The van der Waals surface area contributed by atoms with Gasteiger partial charge in [-0.2, -0.15) is 20.2 Å². The molecule has 0 aliphatic heterocycles. The van der Waals surface area contributed by atoms with Crippen LogP contribution in [-0.2, 0) is 0 Å². The molecule has 0 amide bonds. The third kappa shape index (κ3) is 8.49. The van der Waals surface area contributed by atoms with Gasteiger partial charge in [0, 0.05) is 75.3 Å². The van der Waals surface area contributed by atoms with Crippen LogP contribution in [0.1, 0.15) is 86.0 Å². The molecule has 8 aromatic rings. The number of fused-ring (bicyclic) bond motifs is 4. The van der Waals surface area contributed by atoms with Crippen molar-refractivity contribution in [2.45, 2.75) is 103 Å². The van der Waals surface area contributed by atoms with Crippen LogP contribution < -0.4 is 11.1 Å². The van der Waals surface area contributed by atoms with Crippen LogP contribution in [0.5, 0.6) is 0 Å². The predicted molar refractivity (Wildman–Crippen MR) is 218 cm³/mol. The lowest BCUT2D eigenvalue weighted by molar-refractivity contribution is -0.0451. The number of rotatable bonds is 4. The zero-order chi connectivity index (χ0) is 41.6. The first-order valence-corrected chi connectivity index (χ1v) is 19.7. The molecule has 10 rings (SSSR count). The van der Waals surface area contributed by atoms with Gasteiger partial charge in [-0.3, -0.25) is 0 Å². The van der Waals surface area contributed by atoms with E-state index in [1.807, 2.05) is 73.4 Å². The summed E-state index contributed by atoms with van der Waals surface area (Å²) in [7, 11) is 0. The molecule has 0 radical (unpaired) electrons. The molecule has 0 atom stereocenters. The van der Waals surface area contributed by atoms with Crippen molar-refractivity contribution in [3.63, 3.8) is 0 Å². The maximum absolute atomic E-state index is 13.6. The van der Waals surface area contributed by atoms with Crippen molar-refractivity contribution in [3.8, 4) is 0 Å². The van der Waals surface area contributed by atoms with Crippen LogP contribution in [0.3, 0.4) is 0 Å². The Morgan fingerprint density at radius 1 is 0.678 bits per heavy atom. The molecule has 8 heterocycles. The van der Waals surface area contributed by atoms with Gasteiger partial charge in [-0.25, -0.2) is 46.9 Å². The van der Waals surface area contributed by atoms with Crippen molar-refractivity contribution in [3.05, 3.63) is 89.5 Å². The lowest BCUT2D eigenvalue weighted by Crippen LogP contribution is -2.27. The van der Waals surface area contributed by atoms with Crippen molar-refractivity contribution in [1.29, 1.82) is 0 Å². The first-order chi connectivity index (χ1) is 28.1. The fourth-order valence-corrected chi connectivity index (χ4v) is 7.73. The van der Waals surface area contributed by atoms with Crippen molar-refractivity contribution < 1.29 is 17.6 Å². The fourth-order valence-electron chi connectivity index (χ4n) is 7.60. The Hall–Kier alpha value is -5.91. The summed E-state index contributed by atoms with van der Waals surface area (Å²) in [6, 6.07) is 3.84. The molecule has 0 unspecified atom stereocenters. The highest BCUT2D eigenvalue weighted by Crippen LogP contribution is 2.40. The van der Waals surface area contributed by atoms with Crippen LogP contribution in [0.4, 0.5) is 34.9 Å². The van der Waals surface area contributed by atoms with Gasteiger partial charge in [-0.1, -0.05) is 0 Å². The molecule has 3 N–H and O–H groups in total. The molecule has 0 bridgehead atoms. The summed E-state index contributed by atoms with van der Waals surface area (Å²) in [5.74, 6) is -4.66. The Balaban J connectivity index is 0.000000137. The van der Waals surface area contributed by atoms with E-state index in [4.69, 9.17) is 17.3 Å².